The molecule has 4 heteroatoms. The molecule has 1 aliphatic heterocycles. The van der Waals surface area contributed by atoms with Gasteiger partial charge >= 0.3 is 0 Å². The highest BCUT2D eigenvalue weighted by Gasteiger charge is 2.46. The van der Waals surface area contributed by atoms with Crippen molar-refractivity contribution in [2.45, 2.75) is 77.4 Å². The van der Waals surface area contributed by atoms with Crippen molar-refractivity contribution < 1.29 is 4.74 Å². The number of hydrogen-bond acceptors (Lipinski definition) is 4. The normalized spacial score (nSPS) is 23.5. The van der Waals surface area contributed by atoms with Gasteiger partial charge in [0.25, 0.3) is 0 Å². The number of nitrogens with zero attached hydrogens (tertiary/aromatic N) is 3. The summed E-state index contributed by atoms with van der Waals surface area (Å²) in [5.41, 5.74) is 0.955. The highest BCUT2D eigenvalue weighted by molar-refractivity contribution is 5.42. The zero-order valence-electron chi connectivity index (χ0n) is 14.6. The van der Waals surface area contributed by atoms with Crippen molar-refractivity contribution in [3.8, 4) is 0 Å². The number of hydrogen-bond donors (Lipinski definition) is 0. The molecule has 3 rings (SSSR count). The minimum Gasteiger partial charge on any atom is -0.365 e. The Hall–Kier alpha value is -1.16. The van der Waals surface area contributed by atoms with E-state index in [1.54, 1.807) is 0 Å². The molecule has 0 aromatic carbocycles. The average molecular weight is 303 g/mol. The van der Waals surface area contributed by atoms with Gasteiger partial charge in [-0.15, -0.1) is 0 Å². The largest absolute Gasteiger partial charge is 0.365 e. The van der Waals surface area contributed by atoms with E-state index in [4.69, 9.17) is 9.72 Å². The predicted molar refractivity (Wildman–Crippen MR) is 89.4 cm³/mol. The van der Waals surface area contributed by atoms with Crippen LogP contribution in [0.25, 0.3) is 0 Å². The number of aryl methyl sites for hydroxylation is 1. The molecule has 2 aliphatic rings. The van der Waals surface area contributed by atoms with Crippen LogP contribution in [0.2, 0.25) is 0 Å². The van der Waals surface area contributed by atoms with Gasteiger partial charge in [-0.2, -0.15) is 0 Å². The van der Waals surface area contributed by atoms with Crippen LogP contribution in [-0.4, -0.2) is 34.3 Å². The van der Waals surface area contributed by atoms with Gasteiger partial charge in [0.1, 0.15) is 11.6 Å². The van der Waals surface area contributed by atoms with E-state index in [0.717, 1.165) is 30.4 Å². The molecule has 0 bridgehead atoms. The summed E-state index contributed by atoms with van der Waals surface area (Å²) in [7, 11) is 0. The number of anilines is 1. The fourth-order valence-electron chi connectivity index (χ4n) is 3.95. The van der Waals surface area contributed by atoms with Gasteiger partial charge in [-0.3, -0.25) is 0 Å². The summed E-state index contributed by atoms with van der Waals surface area (Å²) in [4.78, 5) is 11.8. The van der Waals surface area contributed by atoms with Gasteiger partial charge in [-0.05, 0) is 33.6 Å². The first kappa shape index (κ1) is 15.7. The van der Waals surface area contributed by atoms with E-state index in [2.05, 4.69) is 50.6 Å². The Morgan fingerprint density at radius 1 is 1.14 bits per heavy atom. The van der Waals surface area contributed by atoms with Gasteiger partial charge in [-0.25, -0.2) is 9.97 Å². The first-order valence-electron chi connectivity index (χ1n) is 8.59. The smallest absolute Gasteiger partial charge is 0.133 e. The third kappa shape index (κ3) is 3.12. The van der Waals surface area contributed by atoms with Crippen LogP contribution >= 0.6 is 0 Å². The monoisotopic (exact) mass is 303 g/mol. The Morgan fingerprint density at radius 3 is 2.45 bits per heavy atom. The standard InChI is InChI=1S/C18H29N3O/c1-13(2)16-19-14(3)10-15(20-16)21-11-17(4,5)22-18(12-21)8-6-7-9-18/h10,13H,6-9,11-12H2,1-5H3. The molecule has 1 saturated carbocycles. The molecule has 1 spiro atoms. The summed E-state index contributed by atoms with van der Waals surface area (Å²) < 4.78 is 6.50. The molecule has 122 valence electrons. The fourth-order valence-corrected chi connectivity index (χ4v) is 3.95. The summed E-state index contributed by atoms with van der Waals surface area (Å²) in [6.45, 7) is 12.6. The third-order valence-electron chi connectivity index (χ3n) is 4.76. The molecule has 2 fully saturated rings. The maximum Gasteiger partial charge on any atom is 0.133 e. The first-order chi connectivity index (χ1) is 10.3. The molecule has 0 radical (unpaired) electrons. The molecule has 0 N–H and O–H groups in total. The summed E-state index contributed by atoms with van der Waals surface area (Å²) >= 11 is 0. The van der Waals surface area contributed by atoms with Gasteiger partial charge < -0.3 is 9.64 Å². The SMILES string of the molecule is Cc1cc(N2CC(C)(C)OC3(CCCC3)C2)nc(C(C)C)n1. The van der Waals surface area contributed by atoms with Crippen molar-refractivity contribution in [1.29, 1.82) is 0 Å². The summed E-state index contributed by atoms with van der Waals surface area (Å²) in [6.07, 6.45) is 4.91. The maximum absolute atomic E-state index is 6.50. The molecule has 0 amide bonds. The van der Waals surface area contributed by atoms with E-state index in [1.165, 1.54) is 25.7 Å². The second kappa shape index (κ2) is 5.48. The van der Waals surface area contributed by atoms with Crippen LogP contribution in [0.5, 0.6) is 0 Å². The van der Waals surface area contributed by atoms with Crippen LogP contribution in [0.15, 0.2) is 6.07 Å². The van der Waals surface area contributed by atoms with Crippen molar-refractivity contribution in [3.05, 3.63) is 17.6 Å². The Morgan fingerprint density at radius 2 is 1.82 bits per heavy atom. The quantitative estimate of drug-likeness (QED) is 0.832. The van der Waals surface area contributed by atoms with Gasteiger partial charge in [0, 0.05) is 30.8 Å². The van der Waals surface area contributed by atoms with E-state index >= 15 is 0 Å². The molecular formula is C18H29N3O. The lowest BCUT2D eigenvalue weighted by molar-refractivity contribution is -0.148. The molecule has 4 nitrogen and oxygen atoms in total. The number of aromatic nitrogens is 2. The van der Waals surface area contributed by atoms with Gasteiger partial charge in [0.15, 0.2) is 0 Å². The maximum atomic E-state index is 6.50. The van der Waals surface area contributed by atoms with Gasteiger partial charge in [0.05, 0.1) is 11.2 Å². The molecule has 1 saturated heterocycles. The van der Waals surface area contributed by atoms with E-state index in [1.807, 2.05) is 0 Å². The second-order valence-corrected chi connectivity index (χ2v) is 7.99. The van der Waals surface area contributed by atoms with Crippen molar-refractivity contribution in [2.75, 3.05) is 18.0 Å². The van der Waals surface area contributed by atoms with Crippen LogP contribution < -0.4 is 4.90 Å². The lowest BCUT2D eigenvalue weighted by Gasteiger charge is -2.49. The Balaban J connectivity index is 1.93. The zero-order chi connectivity index (χ0) is 16.0. The minimum absolute atomic E-state index is 0.0264. The number of morpholine rings is 1. The summed E-state index contributed by atoms with van der Waals surface area (Å²) in [6, 6.07) is 2.12. The molecule has 0 atom stereocenters. The second-order valence-electron chi connectivity index (χ2n) is 7.99. The van der Waals surface area contributed by atoms with Crippen molar-refractivity contribution >= 4 is 5.82 Å². The Labute approximate surface area is 134 Å². The molecule has 1 aromatic heterocycles. The van der Waals surface area contributed by atoms with E-state index in [0.29, 0.717) is 5.92 Å². The average Bonchev–Trinajstić information content (AvgIpc) is 2.83. The minimum atomic E-state index is -0.126. The van der Waals surface area contributed by atoms with E-state index in [-0.39, 0.29) is 11.2 Å². The summed E-state index contributed by atoms with van der Waals surface area (Å²) in [5, 5.41) is 0. The first-order valence-corrected chi connectivity index (χ1v) is 8.59. The van der Waals surface area contributed by atoms with Crippen molar-refractivity contribution in [2.24, 2.45) is 0 Å². The van der Waals surface area contributed by atoms with Crippen molar-refractivity contribution in [1.82, 2.24) is 9.97 Å². The highest BCUT2D eigenvalue weighted by Crippen LogP contribution is 2.41. The lowest BCUT2D eigenvalue weighted by atomic mass is 9.94. The number of ether oxygens (including phenoxy) is 1. The molecule has 2 heterocycles. The lowest BCUT2D eigenvalue weighted by Crippen LogP contribution is -2.59. The van der Waals surface area contributed by atoms with Crippen molar-refractivity contribution in [3.63, 3.8) is 0 Å². The molecule has 22 heavy (non-hydrogen) atoms. The zero-order valence-corrected chi connectivity index (χ0v) is 14.6. The Bertz CT molecular complexity index is 547. The topological polar surface area (TPSA) is 38.2 Å². The van der Waals surface area contributed by atoms with Crippen LogP contribution in [0.4, 0.5) is 5.82 Å². The van der Waals surface area contributed by atoms with Crippen LogP contribution in [-0.2, 0) is 4.74 Å². The van der Waals surface area contributed by atoms with Crippen LogP contribution in [0, 0.1) is 6.92 Å². The molecule has 1 aliphatic carbocycles. The number of rotatable bonds is 2. The van der Waals surface area contributed by atoms with Crippen LogP contribution in [0.1, 0.15) is 70.8 Å². The molecular weight excluding hydrogens is 274 g/mol. The van der Waals surface area contributed by atoms with E-state index < -0.39 is 0 Å². The van der Waals surface area contributed by atoms with Crippen LogP contribution in [0.3, 0.4) is 0 Å². The van der Waals surface area contributed by atoms with Gasteiger partial charge in [-0.1, -0.05) is 26.7 Å². The summed E-state index contributed by atoms with van der Waals surface area (Å²) in [5.74, 6) is 2.37. The predicted octanol–water partition coefficient (Wildman–Crippen LogP) is 3.84. The third-order valence-corrected chi connectivity index (χ3v) is 4.76. The van der Waals surface area contributed by atoms with E-state index in [9.17, 15) is 0 Å². The highest BCUT2D eigenvalue weighted by atomic mass is 16.5. The Kier molecular flexibility index (Phi) is 3.92. The molecule has 0 unspecified atom stereocenters. The fraction of sp³-hybridized carbons (Fsp3) is 0.778. The van der Waals surface area contributed by atoms with Gasteiger partial charge in [0.2, 0.25) is 0 Å². The molecule has 1 aromatic rings.